The lowest BCUT2D eigenvalue weighted by molar-refractivity contribution is -0.133. The molecule has 35 heavy (non-hydrogen) atoms. The third kappa shape index (κ3) is 5.39. The van der Waals surface area contributed by atoms with E-state index in [2.05, 4.69) is 41.0 Å². The lowest BCUT2D eigenvalue weighted by Crippen LogP contribution is -2.54. The zero-order valence-electron chi connectivity index (χ0n) is 20.7. The van der Waals surface area contributed by atoms with E-state index in [1.165, 1.54) is 28.8 Å². The lowest BCUT2D eigenvalue weighted by atomic mass is 9.92. The molecule has 2 heterocycles. The van der Waals surface area contributed by atoms with E-state index in [0.717, 1.165) is 45.4 Å². The van der Waals surface area contributed by atoms with E-state index in [1.54, 1.807) is 10.4 Å². The van der Waals surface area contributed by atoms with Crippen LogP contribution >= 0.6 is 0 Å². The molecular weight excluding hydrogens is 460 g/mol. The number of hydrogen-bond acceptors (Lipinski definition) is 5. The first-order valence-electron chi connectivity index (χ1n) is 12.8. The van der Waals surface area contributed by atoms with Crippen LogP contribution in [0.3, 0.4) is 0 Å². The predicted molar refractivity (Wildman–Crippen MR) is 138 cm³/mol. The van der Waals surface area contributed by atoms with Gasteiger partial charge in [-0.3, -0.25) is 9.69 Å². The van der Waals surface area contributed by atoms with Crippen LogP contribution in [0.25, 0.3) is 0 Å². The number of aryl methyl sites for hydroxylation is 3. The molecule has 0 unspecified atom stereocenters. The molecule has 0 radical (unpaired) electrons. The number of carbonyl (C=O) groups is 1. The van der Waals surface area contributed by atoms with Gasteiger partial charge in [-0.1, -0.05) is 18.2 Å². The van der Waals surface area contributed by atoms with Crippen LogP contribution in [-0.4, -0.2) is 87.3 Å². The fraction of sp³-hybridized carbons (Fsp3) is 0.519. The maximum absolute atomic E-state index is 13.2. The summed E-state index contributed by atoms with van der Waals surface area (Å²) in [5.41, 5.74) is 4.96. The first kappa shape index (κ1) is 24.3. The van der Waals surface area contributed by atoms with Gasteiger partial charge in [0.15, 0.2) is 0 Å². The molecule has 0 aromatic heterocycles. The van der Waals surface area contributed by atoms with Gasteiger partial charge in [0, 0.05) is 58.0 Å². The summed E-state index contributed by atoms with van der Waals surface area (Å²) in [6, 6.07) is 14.2. The van der Waals surface area contributed by atoms with Crippen LogP contribution in [0, 0.1) is 6.92 Å². The van der Waals surface area contributed by atoms with Crippen molar-refractivity contribution in [1.82, 2.24) is 14.1 Å². The monoisotopic (exact) mass is 496 g/mol. The molecule has 8 heteroatoms. The van der Waals surface area contributed by atoms with Crippen LogP contribution in [-0.2, 0) is 27.7 Å². The molecule has 0 bridgehead atoms. The summed E-state index contributed by atoms with van der Waals surface area (Å²) in [5.74, 6) is 0.0971. The number of hydrogen-bond donors (Lipinski definition) is 0. The van der Waals surface area contributed by atoms with Crippen LogP contribution in [0.4, 0.5) is 5.69 Å². The maximum atomic E-state index is 13.2. The molecule has 2 aliphatic heterocycles. The molecule has 0 saturated carbocycles. The third-order valence-electron chi connectivity index (χ3n) is 7.65. The Morgan fingerprint density at radius 3 is 2.26 bits per heavy atom. The second-order valence-corrected chi connectivity index (χ2v) is 12.0. The van der Waals surface area contributed by atoms with E-state index in [9.17, 15) is 13.2 Å². The SMILES string of the molecule is Cc1cccc(N2CCN(CC(=O)N3CCN(S(=O)(=O)c4ccc5c(c4)CCCC5)CC3)CC2)c1. The number of fused-ring (bicyclic) bond motifs is 1. The first-order valence-corrected chi connectivity index (χ1v) is 14.3. The second kappa shape index (κ2) is 10.3. The van der Waals surface area contributed by atoms with E-state index < -0.39 is 10.0 Å². The van der Waals surface area contributed by atoms with Crippen molar-refractivity contribution in [3.8, 4) is 0 Å². The number of rotatable bonds is 5. The van der Waals surface area contributed by atoms with Crippen molar-refractivity contribution in [1.29, 1.82) is 0 Å². The van der Waals surface area contributed by atoms with Crippen molar-refractivity contribution in [3.05, 3.63) is 59.2 Å². The third-order valence-corrected chi connectivity index (χ3v) is 9.54. The zero-order valence-corrected chi connectivity index (χ0v) is 21.5. The average molecular weight is 497 g/mol. The first-order chi connectivity index (χ1) is 16.9. The van der Waals surface area contributed by atoms with Gasteiger partial charge in [0.2, 0.25) is 15.9 Å². The number of benzene rings is 2. The van der Waals surface area contributed by atoms with Crippen molar-refractivity contribution in [3.63, 3.8) is 0 Å². The van der Waals surface area contributed by atoms with Gasteiger partial charge < -0.3 is 9.80 Å². The summed E-state index contributed by atoms with van der Waals surface area (Å²) >= 11 is 0. The Bertz CT molecular complexity index is 1170. The van der Waals surface area contributed by atoms with Gasteiger partial charge in [0.25, 0.3) is 0 Å². The Morgan fingerprint density at radius 1 is 0.829 bits per heavy atom. The van der Waals surface area contributed by atoms with Gasteiger partial charge in [-0.25, -0.2) is 8.42 Å². The Kier molecular flexibility index (Phi) is 7.14. The summed E-state index contributed by atoms with van der Waals surface area (Å²) in [6.45, 7) is 7.64. The molecule has 1 aliphatic carbocycles. The second-order valence-electron chi connectivity index (χ2n) is 10.0. The smallest absolute Gasteiger partial charge is 0.243 e. The Morgan fingerprint density at radius 2 is 1.54 bits per heavy atom. The summed E-state index contributed by atoms with van der Waals surface area (Å²) in [7, 11) is -3.53. The molecular formula is C27H36N4O3S. The van der Waals surface area contributed by atoms with E-state index >= 15 is 0 Å². The molecule has 188 valence electrons. The van der Waals surface area contributed by atoms with Gasteiger partial charge in [-0.2, -0.15) is 4.31 Å². The topological polar surface area (TPSA) is 64.2 Å². The minimum Gasteiger partial charge on any atom is -0.369 e. The average Bonchev–Trinajstić information content (AvgIpc) is 2.89. The van der Waals surface area contributed by atoms with Gasteiger partial charge >= 0.3 is 0 Å². The Labute approximate surface area is 209 Å². The molecule has 7 nitrogen and oxygen atoms in total. The minimum absolute atomic E-state index is 0.0971. The molecule has 2 fully saturated rings. The highest BCUT2D eigenvalue weighted by molar-refractivity contribution is 7.89. The highest BCUT2D eigenvalue weighted by Gasteiger charge is 2.31. The normalized spacial score (nSPS) is 20.0. The van der Waals surface area contributed by atoms with Crippen LogP contribution in [0.15, 0.2) is 47.4 Å². The van der Waals surface area contributed by atoms with E-state index in [-0.39, 0.29) is 5.91 Å². The number of carbonyl (C=O) groups excluding carboxylic acids is 1. The molecule has 3 aliphatic rings. The quantitative estimate of drug-likeness (QED) is 0.637. The van der Waals surface area contributed by atoms with E-state index in [0.29, 0.717) is 37.6 Å². The van der Waals surface area contributed by atoms with Crippen LogP contribution in [0.2, 0.25) is 0 Å². The predicted octanol–water partition coefficient (Wildman–Crippen LogP) is 2.53. The number of amides is 1. The van der Waals surface area contributed by atoms with Gasteiger partial charge in [0.05, 0.1) is 11.4 Å². The Hall–Kier alpha value is -2.42. The summed E-state index contributed by atoms with van der Waals surface area (Å²) < 4.78 is 28.0. The highest BCUT2D eigenvalue weighted by Crippen LogP contribution is 2.26. The molecule has 0 N–H and O–H groups in total. The lowest BCUT2D eigenvalue weighted by Gasteiger charge is -2.38. The molecule has 0 spiro atoms. The summed E-state index contributed by atoms with van der Waals surface area (Å²) in [6.07, 6.45) is 4.30. The largest absolute Gasteiger partial charge is 0.369 e. The standard InChI is InChI=1S/C27H36N4O3S/c1-22-5-4-8-25(19-22)29-13-11-28(12-14-29)21-27(32)30-15-17-31(18-16-30)35(33,34)26-10-9-23-6-2-3-7-24(23)20-26/h4-5,8-10,19-20H,2-3,6-7,11-18,21H2,1H3. The summed E-state index contributed by atoms with van der Waals surface area (Å²) in [5, 5.41) is 0. The Balaban J connectivity index is 1.12. The van der Waals surface area contributed by atoms with Crippen molar-refractivity contribution >= 4 is 21.6 Å². The molecule has 2 aromatic rings. The van der Waals surface area contributed by atoms with Crippen molar-refractivity contribution in [2.45, 2.75) is 37.5 Å². The number of nitrogens with zero attached hydrogens (tertiary/aromatic N) is 4. The molecule has 0 atom stereocenters. The number of anilines is 1. The summed E-state index contributed by atoms with van der Waals surface area (Å²) in [4.78, 5) is 19.8. The number of sulfonamides is 1. The molecule has 1 amide bonds. The van der Waals surface area contributed by atoms with Crippen molar-refractivity contribution < 1.29 is 13.2 Å². The fourth-order valence-electron chi connectivity index (χ4n) is 5.48. The van der Waals surface area contributed by atoms with E-state index in [1.807, 2.05) is 17.0 Å². The minimum atomic E-state index is -3.53. The van der Waals surface area contributed by atoms with Crippen molar-refractivity contribution in [2.75, 3.05) is 63.8 Å². The maximum Gasteiger partial charge on any atom is 0.243 e. The molecule has 5 rings (SSSR count). The van der Waals surface area contributed by atoms with Gasteiger partial charge in [-0.15, -0.1) is 0 Å². The highest BCUT2D eigenvalue weighted by atomic mass is 32.2. The van der Waals surface area contributed by atoms with Gasteiger partial charge in [0.1, 0.15) is 0 Å². The van der Waals surface area contributed by atoms with Crippen molar-refractivity contribution in [2.24, 2.45) is 0 Å². The van der Waals surface area contributed by atoms with Crippen LogP contribution in [0.5, 0.6) is 0 Å². The molecule has 2 aromatic carbocycles. The zero-order chi connectivity index (χ0) is 24.4. The fourth-order valence-corrected chi connectivity index (χ4v) is 6.95. The number of piperazine rings is 2. The van der Waals surface area contributed by atoms with Crippen LogP contribution in [0.1, 0.15) is 29.5 Å². The molecule has 2 saturated heterocycles. The van der Waals surface area contributed by atoms with Crippen LogP contribution < -0.4 is 4.90 Å². The van der Waals surface area contributed by atoms with Gasteiger partial charge in [-0.05, 0) is 73.6 Å². The van der Waals surface area contributed by atoms with E-state index in [4.69, 9.17) is 0 Å².